The van der Waals surface area contributed by atoms with Gasteiger partial charge in [0.2, 0.25) is 0 Å². The Morgan fingerprint density at radius 3 is 2.95 bits per heavy atom. The van der Waals surface area contributed by atoms with E-state index in [0.717, 1.165) is 43.4 Å². The molecular formula is C13H20BrN3O2. The molecule has 6 heteroatoms. The Morgan fingerprint density at radius 1 is 1.47 bits per heavy atom. The molecule has 0 saturated carbocycles. The minimum absolute atomic E-state index is 0.426. The lowest BCUT2D eigenvalue weighted by molar-refractivity contribution is -0.0775. The zero-order valence-electron chi connectivity index (χ0n) is 11.0. The van der Waals surface area contributed by atoms with Crippen molar-refractivity contribution in [2.24, 2.45) is 0 Å². The molecule has 19 heavy (non-hydrogen) atoms. The van der Waals surface area contributed by atoms with Gasteiger partial charge in [-0.2, -0.15) is 5.10 Å². The zero-order chi connectivity index (χ0) is 13.3. The predicted molar refractivity (Wildman–Crippen MR) is 75.0 cm³/mol. The highest BCUT2D eigenvalue weighted by Crippen LogP contribution is 2.27. The number of rotatable bonds is 3. The summed E-state index contributed by atoms with van der Waals surface area (Å²) in [5.74, 6) is 0. The van der Waals surface area contributed by atoms with E-state index < -0.39 is 5.60 Å². The summed E-state index contributed by atoms with van der Waals surface area (Å²) in [4.78, 5) is 2.35. The molecule has 0 bridgehead atoms. The zero-order valence-corrected chi connectivity index (χ0v) is 12.5. The van der Waals surface area contributed by atoms with Crippen LogP contribution in [0.5, 0.6) is 0 Å². The molecule has 1 atom stereocenters. The van der Waals surface area contributed by atoms with Gasteiger partial charge in [0.05, 0.1) is 22.3 Å². The standard InChI is InChI=1S/C13H20BrN3O2/c14-11-7-15-17(8-11)12-1-4-16(9-12)10-13(18)2-5-19-6-3-13/h7-8,12,18H,1-6,9-10H2. The SMILES string of the molecule is OC1(CN2CCC(n3cc(Br)cn3)C2)CCOCC1. The average molecular weight is 330 g/mol. The molecule has 1 N–H and O–H groups in total. The van der Waals surface area contributed by atoms with Crippen molar-refractivity contribution in [3.8, 4) is 0 Å². The van der Waals surface area contributed by atoms with Gasteiger partial charge in [-0.3, -0.25) is 9.58 Å². The van der Waals surface area contributed by atoms with Crippen LogP contribution in [0.15, 0.2) is 16.9 Å². The van der Waals surface area contributed by atoms with Crippen LogP contribution in [0.2, 0.25) is 0 Å². The summed E-state index contributed by atoms with van der Waals surface area (Å²) in [7, 11) is 0. The van der Waals surface area contributed by atoms with Crippen LogP contribution in [0.3, 0.4) is 0 Å². The molecule has 3 heterocycles. The summed E-state index contributed by atoms with van der Waals surface area (Å²) in [5.41, 5.74) is -0.558. The summed E-state index contributed by atoms with van der Waals surface area (Å²) >= 11 is 3.43. The van der Waals surface area contributed by atoms with Crippen molar-refractivity contribution in [3.05, 3.63) is 16.9 Å². The van der Waals surface area contributed by atoms with E-state index >= 15 is 0 Å². The Morgan fingerprint density at radius 2 is 2.26 bits per heavy atom. The van der Waals surface area contributed by atoms with E-state index in [4.69, 9.17) is 4.74 Å². The number of aromatic nitrogens is 2. The largest absolute Gasteiger partial charge is 0.388 e. The van der Waals surface area contributed by atoms with Crippen LogP contribution >= 0.6 is 15.9 Å². The highest BCUT2D eigenvalue weighted by molar-refractivity contribution is 9.10. The first-order valence-corrected chi connectivity index (χ1v) is 7.66. The van der Waals surface area contributed by atoms with E-state index in [1.165, 1.54) is 0 Å². The third kappa shape index (κ3) is 3.18. The predicted octanol–water partition coefficient (Wildman–Crippen LogP) is 1.43. The smallest absolute Gasteiger partial charge is 0.0817 e. The van der Waals surface area contributed by atoms with Gasteiger partial charge >= 0.3 is 0 Å². The van der Waals surface area contributed by atoms with Crippen LogP contribution in [-0.4, -0.2) is 58.2 Å². The Hall–Kier alpha value is -0.430. The van der Waals surface area contributed by atoms with E-state index in [-0.39, 0.29) is 0 Å². The second-order valence-corrected chi connectivity index (χ2v) is 6.57. The molecule has 0 radical (unpaired) electrons. The van der Waals surface area contributed by atoms with Crippen molar-refractivity contribution >= 4 is 15.9 Å². The third-order valence-electron chi connectivity index (χ3n) is 4.13. The molecule has 1 aromatic heterocycles. The maximum atomic E-state index is 10.5. The lowest BCUT2D eigenvalue weighted by atomic mass is 9.94. The summed E-state index contributed by atoms with van der Waals surface area (Å²) in [6.45, 7) is 4.12. The Labute approximate surface area is 121 Å². The molecule has 0 amide bonds. The number of likely N-dealkylation sites (tertiary alicyclic amines) is 1. The van der Waals surface area contributed by atoms with Crippen LogP contribution in [0, 0.1) is 0 Å². The van der Waals surface area contributed by atoms with Crippen molar-refractivity contribution in [3.63, 3.8) is 0 Å². The van der Waals surface area contributed by atoms with E-state index in [1.54, 1.807) is 0 Å². The monoisotopic (exact) mass is 329 g/mol. The fourth-order valence-corrected chi connectivity index (χ4v) is 3.31. The third-order valence-corrected chi connectivity index (χ3v) is 4.54. The maximum Gasteiger partial charge on any atom is 0.0817 e. The van der Waals surface area contributed by atoms with Gasteiger partial charge in [0.25, 0.3) is 0 Å². The van der Waals surface area contributed by atoms with Gasteiger partial charge in [-0.25, -0.2) is 0 Å². The van der Waals surface area contributed by atoms with Gasteiger partial charge in [0, 0.05) is 51.9 Å². The molecule has 0 aromatic carbocycles. The quantitative estimate of drug-likeness (QED) is 0.911. The molecule has 5 nitrogen and oxygen atoms in total. The minimum Gasteiger partial charge on any atom is -0.388 e. The van der Waals surface area contributed by atoms with Crippen molar-refractivity contribution in [2.45, 2.75) is 30.9 Å². The molecule has 2 fully saturated rings. The Bertz CT molecular complexity index is 431. The number of nitrogens with zero attached hydrogens (tertiary/aromatic N) is 3. The van der Waals surface area contributed by atoms with E-state index in [1.807, 2.05) is 17.1 Å². The topological polar surface area (TPSA) is 50.5 Å². The first kappa shape index (κ1) is 13.5. The lowest BCUT2D eigenvalue weighted by Crippen LogP contribution is -2.46. The number of halogens is 1. The molecular weight excluding hydrogens is 310 g/mol. The van der Waals surface area contributed by atoms with E-state index in [2.05, 4.69) is 25.9 Å². The minimum atomic E-state index is -0.558. The number of ether oxygens (including phenoxy) is 1. The number of hydrogen-bond donors (Lipinski definition) is 1. The van der Waals surface area contributed by atoms with Gasteiger partial charge in [-0.1, -0.05) is 0 Å². The summed E-state index contributed by atoms with van der Waals surface area (Å²) in [6.07, 6.45) is 6.45. The van der Waals surface area contributed by atoms with Crippen LogP contribution < -0.4 is 0 Å². The van der Waals surface area contributed by atoms with Gasteiger partial charge in [0.1, 0.15) is 0 Å². The molecule has 2 aliphatic rings. The van der Waals surface area contributed by atoms with Crippen molar-refractivity contribution in [1.29, 1.82) is 0 Å². The van der Waals surface area contributed by atoms with E-state index in [9.17, 15) is 5.11 Å². The van der Waals surface area contributed by atoms with E-state index in [0.29, 0.717) is 19.3 Å². The maximum absolute atomic E-state index is 10.5. The molecule has 106 valence electrons. The summed E-state index contributed by atoms with van der Waals surface area (Å²) in [5, 5.41) is 14.9. The number of β-amino-alcohol motifs (C(OH)–C–C–N with tert-alkyl or cyclic N) is 1. The molecule has 1 unspecified atom stereocenters. The molecule has 0 aliphatic carbocycles. The van der Waals surface area contributed by atoms with Gasteiger partial charge < -0.3 is 9.84 Å². The summed E-state index contributed by atoms with van der Waals surface area (Å²) in [6, 6.07) is 0.426. The Kier molecular flexibility index (Phi) is 3.93. The highest BCUT2D eigenvalue weighted by Gasteiger charge is 2.35. The highest BCUT2D eigenvalue weighted by atomic mass is 79.9. The van der Waals surface area contributed by atoms with Crippen LogP contribution in [0.4, 0.5) is 0 Å². The first-order valence-electron chi connectivity index (χ1n) is 6.87. The summed E-state index contributed by atoms with van der Waals surface area (Å²) < 4.78 is 8.37. The molecule has 3 rings (SSSR count). The van der Waals surface area contributed by atoms with Crippen LogP contribution in [0.25, 0.3) is 0 Å². The van der Waals surface area contributed by atoms with Gasteiger partial charge in [-0.15, -0.1) is 0 Å². The second kappa shape index (κ2) is 5.52. The fraction of sp³-hybridized carbons (Fsp3) is 0.769. The molecule has 1 aromatic rings. The second-order valence-electron chi connectivity index (χ2n) is 5.65. The van der Waals surface area contributed by atoms with Crippen LogP contribution in [0.1, 0.15) is 25.3 Å². The average Bonchev–Trinajstić information content (AvgIpc) is 2.98. The van der Waals surface area contributed by atoms with Gasteiger partial charge in [-0.05, 0) is 22.4 Å². The molecule has 2 saturated heterocycles. The fourth-order valence-electron chi connectivity index (χ4n) is 3.01. The lowest BCUT2D eigenvalue weighted by Gasteiger charge is -2.35. The molecule has 2 aliphatic heterocycles. The molecule has 0 spiro atoms. The first-order chi connectivity index (χ1) is 9.15. The number of hydrogen-bond acceptors (Lipinski definition) is 4. The van der Waals surface area contributed by atoms with Crippen molar-refractivity contribution < 1.29 is 9.84 Å². The number of aliphatic hydroxyl groups is 1. The van der Waals surface area contributed by atoms with Crippen LogP contribution in [-0.2, 0) is 4.74 Å². The van der Waals surface area contributed by atoms with Gasteiger partial charge in [0.15, 0.2) is 0 Å². The normalized spacial score (nSPS) is 27.8. The van der Waals surface area contributed by atoms with Crippen molar-refractivity contribution in [2.75, 3.05) is 32.8 Å². The Balaban J connectivity index is 1.57. The van der Waals surface area contributed by atoms with Crippen molar-refractivity contribution in [1.82, 2.24) is 14.7 Å².